The topological polar surface area (TPSA) is 29.1 Å². The first kappa shape index (κ1) is 26.9. The zero-order valence-corrected chi connectivity index (χ0v) is 15.8. The number of para-hydroxylation sites is 1. The van der Waals surface area contributed by atoms with E-state index >= 15 is 0 Å². The highest BCUT2D eigenvalue weighted by atomic mass is 19.4. The lowest BCUT2D eigenvalue weighted by Gasteiger charge is -2.38. The highest BCUT2D eigenvalue weighted by Gasteiger charge is 2.89. The van der Waals surface area contributed by atoms with Gasteiger partial charge in [-0.05, 0) is 24.0 Å². The molecule has 1 rings (SSSR count). The van der Waals surface area contributed by atoms with Crippen molar-refractivity contribution in [2.24, 2.45) is 0 Å². The predicted octanol–water partition coefficient (Wildman–Crippen LogP) is 6.50. The molecule has 178 valence electrons. The molecule has 2 nitrogen and oxygen atoms in total. The molecule has 1 amide bonds. The highest BCUT2D eigenvalue weighted by molar-refractivity contribution is 5.98. The maximum absolute atomic E-state index is 14.0. The molecule has 0 fully saturated rings. The average Bonchev–Trinajstić information content (AvgIpc) is 2.61. The predicted molar refractivity (Wildman–Crippen MR) is 84.6 cm³/mol. The van der Waals surface area contributed by atoms with Gasteiger partial charge in [-0.3, -0.25) is 4.79 Å². The molecule has 0 spiro atoms. The summed E-state index contributed by atoms with van der Waals surface area (Å²) < 4.78 is 159. The molecule has 0 atom stereocenters. The van der Waals surface area contributed by atoms with Crippen LogP contribution in [0.1, 0.15) is 30.9 Å². The number of rotatable bonds is 8. The van der Waals surface area contributed by atoms with E-state index in [1.807, 2.05) is 0 Å². The second-order valence-corrected chi connectivity index (χ2v) is 6.87. The second kappa shape index (κ2) is 8.08. The Hall–Kier alpha value is -2.15. The molecule has 0 aliphatic rings. The molecule has 1 aromatic carbocycles. The first-order chi connectivity index (χ1) is 13.7. The van der Waals surface area contributed by atoms with Crippen LogP contribution in [0.15, 0.2) is 18.2 Å². The van der Waals surface area contributed by atoms with Crippen LogP contribution < -0.4 is 5.32 Å². The number of aryl methyl sites for hydroxylation is 1. The Balaban J connectivity index is 3.47. The van der Waals surface area contributed by atoms with Crippen LogP contribution in [-0.4, -0.2) is 41.9 Å². The molecule has 0 bridgehead atoms. The van der Waals surface area contributed by atoms with E-state index in [-0.39, 0.29) is 11.1 Å². The Labute approximate surface area is 167 Å². The van der Waals surface area contributed by atoms with Crippen molar-refractivity contribution >= 4 is 11.6 Å². The number of nitrogens with one attached hydrogen (secondary N) is 1. The normalized spacial score (nSPS) is 14.4. The smallest absolute Gasteiger partial charge is 0.320 e. The van der Waals surface area contributed by atoms with Crippen molar-refractivity contribution in [2.75, 3.05) is 5.32 Å². The van der Waals surface area contributed by atoms with Crippen molar-refractivity contribution in [1.82, 2.24) is 0 Å². The van der Waals surface area contributed by atoms with Crippen molar-refractivity contribution in [3.05, 3.63) is 29.3 Å². The first-order valence-electron chi connectivity index (χ1n) is 8.26. The minimum absolute atomic E-state index is 0.0139. The molecular formula is C17H15F12NO. The van der Waals surface area contributed by atoms with Crippen molar-refractivity contribution in [3.8, 4) is 0 Å². The molecule has 0 saturated heterocycles. The summed E-state index contributed by atoms with van der Waals surface area (Å²) in [7, 11) is 0. The number of alkyl halides is 12. The van der Waals surface area contributed by atoms with Crippen molar-refractivity contribution in [1.29, 1.82) is 0 Å². The zero-order chi connectivity index (χ0) is 24.8. The summed E-state index contributed by atoms with van der Waals surface area (Å²) in [6, 6.07) is 3.81. The van der Waals surface area contributed by atoms with Crippen LogP contribution in [0.3, 0.4) is 0 Å². The van der Waals surface area contributed by atoms with E-state index in [9.17, 15) is 57.5 Å². The Bertz CT molecular complexity index is 819. The molecule has 0 radical (unpaired) electrons. The summed E-state index contributed by atoms with van der Waals surface area (Å²) in [6.07, 6.45) is -5.60. The van der Waals surface area contributed by atoms with E-state index in [4.69, 9.17) is 0 Å². The Morgan fingerprint density at radius 3 is 1.74 bits per heavy atom. The molecule has 1 aromatic rings. The molecule has 0 unspecified atom stereocenters. The minimum atomic E-state index is -7.76. The SMILES string of the molecule is Cc1cccc(C(C)C)c1NC(=O)C(F)(F)C(F)(F)C(F)(F)C(F)(F)C(F)(F)C(F)F. The van der Waals surface area contributed by atoms with Crippen molar-refractivity contribution < 1.29 is 57.5 Å². The molecule has 0 aromatic heterocycles. The molecular weight excluding hydrogens is 462 g/mol. The third kappa shape index (κ3) is 4.04. The van der Waals surface area contributed by atoms with Gasteiger partial charge in [-0.1, -0.05) is 32.0 Å². The lowest BCUT2D eigenvalue weighted by atomic mass is 9.93. The second-order valence-electron chi connectivity index (χ2n) is 6.87. The summed E-state index contributed by atoms with van der Waals surface area (Å²) >= 11 is 0. The molecule has 0 aliphatic heterocycles. The fourth-order valence-electron chi connectivity index (χ4n) is 2.42. The highest BCUT2D eigenvalue weighted by Crippen LogP contribution is 2.58. The molecule has 0 heterocycles. The van der Waals surface area contributed by atoms with Gasteiger partial charge in [-0.25, -0.2) is 8.78 Å². The Morgan fingerprint density at radius 1 is 0.839 bits per heavy atom. The first-order valence-corrected chi connectivity index (χ1v) is 8.26. The van der Waals surface area contributed by atoms with Gasteiger partial charge in [0.1, 0.15) is 0 Å². The summed E-state index contributed by atoms with van der Waals surface area (Å²) in [5.74, 6) is -40.5. The molecule has 14 heteroatoms. The monoisotopic (exact) mass is 477 g/mol. The van der Waals surface area contributed by atoms with E-state index in [1.54, 1.807) is 0 Å². The number of hydrogen-bond donors (Lipinski definition) is 1. The number of anilines is 1. The molecule has 0 saturated carbocycles. The van der Waals surface area contributed by atoms with Gasteiger partial charge in [0.2, 0.25) is 0 Å². The van der Waals surface area contributed by atoms with Gasteiger partial charge in [0, 0.05) is 5.69 Å². The Morgan fingerprint density at radius 2 is 1.32 bits per heavy atom. The van der Waals surface area contributed by atoms with Gasteiger partial charge in [-0.15, -0.1) is 0 Å². The fourth-order valence-corrected chi connectivity index (χ4v) is 2.42. The maximum Gasteiger partial charge on any atom is 0.393 e. The average molecular weight is 477 g/mol. The number of benzene rings is 1. The van der Waals surface area contributed by atoms with Gasteiger partial charge in [-0.2, -0.15) is 43.9 Å². The summed E-state index contributed by atoms with van der Waals surface area (Å²) in [6.45, 7) is 4.14. The number of halogens is 12. The lowest BCUT2D eigenvalue weighted by Crippen LogP contribution is -2.70. The van der Waals surface area contributed by atoms with Crippen molar-refractivity contribution in [3.63, 3.8) is 0 Å². The summed E-state index contributed by atoms with van der Waals surface area (Å²) in [5.41, 5.74) is -0.486. The fraction of sp³-hybridized carbons (Fsp3) is 0.588. The molecule has 0 aliphatic carbocycles. The number of hydrogen-bond acceptors (Lipinski definition) is 1. The number of carbonyl (C=O) groups is 1. The minimum Gasteiger partial charge on any atom is -0.320 e. The zero-order valence-electron chi connectivity index (χ0n) is 15.8. The van der Waals surface area contributed by atoms with E-state index in [2.05, 4.69) is 0 Å². The van der Waals surface area contributed by atoms with Gasteiger partial charge in [0.05, 0.1) is 0 Å². The third-order valence-corrected chi connectivity index (χ3v) is 4.33. The van der Waals surface area contributed by atoms with Crippen LogP contribution in [0.2, 0.25) is 0 Å². The van der Waals surface area contributed by atoms with Crippen LogP contribution in [0.25, 0.3) is 0 Å². The number of carbonyl (C=O) groups excluding carboxylic acids is 1. The van der Waals surface area contributed by atoms with Crippen LogP contribution in [0.4, 0.5) is 58.4 Å². The van der Waals surface area contributed by atoms with Crippen LogP contribution >= 0.6 is 0 Å². The van der Waals surface area contributed by atoms with E-state index < -0.39 is 53.6 Å². The maximum atomic E-state index is 14.0. The quantitative estimate of drug-likeness (QED) is 0.426. The summed E-state index contributed by atoms with van der Waals surface area (Å²) in [5, 5.41) is 1.21. The largest absolute Gasteiger partial charge is 0.393 e. The van der Waals surface area contributed by atoms with Crippen LogP contribution in [0.5, 0.6) is 0 Å². The van der Waals surface area contributed by atoms with Gasteiger partial charge >= 0.3 is 41.9 Å². The summed E-state index contributed by atoms with van der Waals surface area (Å²) in [4.78, 5) is 11.7. The van der Waals surface area contributed by atoms with Gasteiger partial charge in [0.25, 0.3) is 0 Å². The third-order valence-electron chi connectivity index (χ3n) is 4.33. The Kier molecular flexibility index (Phi) is 7.01. The van der Waals surface area contributed by atoms with Crippen LogP contribution in [0, 0.1) is 6.92 Å². The van der Waals surface area contributed by atoms with Gasteiger partial charge < -0.3 is 5.32 Å². The number of amides is 1. The van der Waals surface area contributed by atoms with E-state index in [1.165, 1.54) is 44.3 Å². The lowest BCUT2D eigenvalue weighted by molar-refractivity contribution is -0.406. The molecule has 31 heavy (non-hydrogen) atoms. The standard InChI is InChI=1S/C17H15F12NO/c1-7(2)9-6-4-5-8(3)10(9)30-12(31)14(22,23)16(26,27)17(28,29)15(24,25)13(20,21)11(18)19/h4-7,11H,1-3H3,(H,30,31). The van der Waals surface area contributed by atoms with E-state index in [0.717, 1.165) is 0 Å². The van der Waals surface area contributed by atoms with Crippen molar-refractivity contribution in [2.45, 2.75) is 62.7 Å². The molecule has 1 N–H and O–H groups in total. The van der Waals surface area contributed by atoms with Gasteiger partial charge in [0.15, 0.2) is 0 Å². The van der Waals surface area contributed by atoms with Crippen LogP contribution in [-0.2, 0) is 4.79 Å². The van der Waals surface area contributed by atoms with E-state index in [0.29, 0.717) is 0 Å².